The van der Waals surface area contributed by atoms with Crippen LogP contribution in [-0.2, 0) is 6.54 Å². The van der Waals surface area contributed by atoms with Gasteiger partial charge in [-0.3, -0.25) is 4.90 Å². The lowest BCUT2D eigenvalue weighted by Crippen LogP contribution is -2.34. The van der Waals surface area contributed by atoms with Gasteiger partial charge in [0.15, 0.2) is 0 Å². The van der Waals surface area contributed by atoms with Crippen molar-refractivity contribution in [1.29, 1.82) is 0 Å². The van der Waals surface area contributed by atoms with Crippen LogP contribution in [0.5, 0.6) is 0 Å². The molecule has 0 saturated carbocycles. The molecule has 3 nitrogen and oxygen atoms in total. The van der Waals surface area contributed by atoms with Crippen LogP contribution in [0.3, 0.4) is 0 Å². The third-order valence-electron chi connectivity index (χ3n) is 2.89. The third kappa shape index (κ3) is 6.25. The summed E-state index contributed by atoms with van der Waals surface area (Å²) in [5, 5.41) is 8.76. The number of aliphatic hydroxyl groups is 1. The fourth-order valence-electron chi connectivity index (χ4n) is 1.92. The summed E-state index contributed by atoms with van der Waals surface area (Å²) in [6, 6.07) is 7.43. The van der Waals surface area contributed by atoms with Crippen LogP contribution >= 0.6 is 0 Å². The molecule has 20 heavy (non-hydrogen) atoms. The lowest BCUT2D eigenvalue weighted by atomic mass is 10.2. The van der Waals surface area contributed by atoms with E-state index in [1.807, 2.05) is 43.3 Å². The second-order valence-electron chi connectivity index (χ2n) is 4.96. The summed E-state index contributed by atoms with van der Waals surface area (Å²) in [5.74, 6) is 0. The second-order valence-corrected chi connectivity index (χ2v) is 4.96. The van der Waals surface area contributed by atoms with Crippen molar-refractivity contribution in [2.24, 2.45) is 0 Å². The summed E-state index contributed by atoms with van der Waals surface area (Å²) in [4.78, 5) is 3.24. The molecule has 1 aromatic rings. The van der Waals surface area contributed by atoms with Crippen molar-refractivity contribution in [2.45, 2.75) is 19.1 Å². The molecule has 0 aliphatic heterocycles. The summed E-state index contributed by atoms with van der Waals surface area (Å²) in [6.07, 6.45) is -3.88. The number of benzene rings is 1. The van der Waals surface area contributed by atoms with Gasteiger partial charge < -0.3 is 10.0 Å². The van der Waals surface area contributed by atoms with Crippen molar-refractivity contribution in [3.8, 4) is 0 Å². The van der Waals surface area contributed by atoms with Crippen LogP contribution in [0.2, 0.25) is 0 Å². The quantitative estimate of drug-likeness (QED) is 0.836. The van der Waals surface area contributed by atoms with E-state index in [1.54, 1.807) is 0 Å². The molecule has 0 fully saturated rings. The number of halogens is 3. The highest BCUT2D eigenvalue weighted by molar-refractivity contribution is 5.45. The fraction of sp³-hybridized carbons (Fsp3) is 0.571. The number of hydrogen-bond donors (Lipinski definition) is 1. The Morgan fingerprint density at radius 2 is 1.70 bits per heavy atom. The molecule has 0 aliphatic rings. The normalized spacial score (nSPS) is 11.9. The average Bonchev–Trinajstić information content (AvgIpc) is 2.35. The van der Waals surface area contributed by atoms with E-state index in [9.17, 15) is 13.2 Å². The van der Waals surface area contributed by atoms with Gasteiger partial charge >= 0.3 is 6.18 Å². The number of alkyl halides is 3. The molecule has 0 radical (unpaired) electrons. The minimum atomic E-state index is -4.22. The van der Waals surface area contributed by atoms with Gasteiger partial charge in [-0.1, -0.05) is 12.1 Å². The highest BCUT2D eigenvalue weighted by Gasteiger charge is 2.30. The molecule has 0 saturated heterocycles. The topological polar surface area (TPSA) is 26.7 Å². The van der Waals surface area contributed by atoms with Crippen LogP contribution in [0.1, 0.15) is 12.0 Å². The van der Waals surface area contributed by atoms with Crippen molar-refractivity contribution in [1.82, 2.24) is 4.90 Å². The zero-order valence-corrected chi connectivity index (χ0v) is 11.8. The van der Waals surface area contributed by atoms with E-state index in [0.29, 0.717) is 6.42 Å². The molecule has 0 heterocycles. The van der Waals surface area contributed by atoms with Crippen LogP contribution in [0.4, 0.5) is 18.9 Å². The summed E-state index contributed by atoms with van der Waals surface area (Å²) in [6.45, 7) is -0.602. The maximum Gasteiger partial charge on any atom is 0.401 e. The molecule has 0 aromatic heterocycles. The lowest BCUT2D eigenvalue weighted by Gasteiger charge is -2.23. The van der Waals surface area contributed by atoms with E-state index in [-0.39, 0.29) is 19.7 Å². The van der Waals surface area contributed by atoms with Crippen LogP contribution in [0, 0.1) is 0 Å². The first-order valence-electron chi connectivity index (χ1n) is 6.48. The minimum Gasteiger partial charge on any atom is -0.396 e. The monoisotopic (exact) mass is 290 g/mol. The Labute approximate surface area is 117 Å². The fourth-order valence-corrected chi connectivity index (χ4v) is 1.92. The molecule has 0 unspecified atom stereocenters. The van der Waals surface area contributed by atoms with Crippen LogP contribution < -0.4 is 4.90 Å². The highest BCUT2D eigenvalue weighted by atomic mass is 19.4. The smallest absolute Gasteiger partial charge is 0.396 e. The molecular weight excluding hydrogens is 269 g/mol. The average molecular weight is 290 g/mol. The molecule has 0 spiro atoms. The maximum atomic E-state index is 12.5. The van der Waals surface area contributed by atoms with E-state index in [1.165, 1.54) is 4.90 Å². The zero-order valence-electron chi connectivity index (χ0n) is 11.8. The van der Waals surface area contributed by atoms with E-state index in [4.69, 9.17) is 5.11 Å². The van der Waals surface area contributed by atoms with Gasteiger partial charge in [0.25, 0.3) is 0 Å². The van der Waals surface area contributed by atoms with Crippen molar-refractivity contribution in [2.75, 3.05) is 38.7 Å². The Hall–Kier alpha value is -1.27. The van der Waals surface area contributed by atoms with Crippen LogP contribution in [0.25, 0.3) is 0 Å². The molecule has 0 aliphatic carbocycles. The molecule has 6 heteroatoms. The van der Waals surface area contributed by atoms with Gasteiger partial charge in [0, 0.05) is 39.5 Å². The molecule has 1 aromatic carbocycles. The first-order valence-corrected chi connectivity index (χ1v) is 6.48. The molecule has 0 amide bonds. The van der Waals surface area contributed by atoms with Crippen molar-refractivity contribution < 1.29 is 18.3 Å². The van der Waals surface area contributed by atoms with Crippen molar-refractivity contribution in [3.63, 3.8) is 0 Å². The molecule has 114 valence electrons. The van der Waals surface area contributed by atoms with E-state index >= 15 is 0 Å². The van der Waals surface area contributed by atoms with Crippen LogP contribution in [-0.4, -0.2) is 50.0 Å². The molecule has 1 N–H and O–H groups in total. The largest absolute Gasteiger partial charge is 0.401 e. The number of aliphatic hydroxyl groups excluding tert-OH is 1. The molecule has 1 rings (SSSR count). The third-order valence-corrected chi connectivity index (χ3v) is 2.89. The number of rotatable bonds is 7. The highest BCUT2D eigenvalue weighted by Crippen LogP contribution is 2.19. The van der Waals surface area contributed by atoms with Gasteiger partial charge in [-0.15, -0.1) is 0 Å². The minimum absolute atomic E-state index is 0.103. The van der Waals surface area contributed by atoms with E-state index in [0.717, 1.165) is 11.3 Å². The van der Waals surface area contributed by atoms with Gasteiger partial charge in [-0.2, -0.15) is 13.2 Å². The Bertz CT molecular complexity index is 390. The maximum absolute atomic E-state index is 12.5. The van der Waals surface area contributed by atoms with E-state index in [2.05, 4.69) is 0 Å². The Morgan fingerprint density at radius 3 is 2.15 bits per heavy atom. The second kappa shape index (κ2) is 7.50. The lowest BCUT2D eigenvalue weighted by molar-refractivity contribution is -0.147. The van der Waals surface area contributed by atoms with Crippen molar-refractivity contribution in [3.05, 3.63) is 29.8 Å². The Morgan fingerprint density at radius 1 is 1.10 bits per heavy atom. The Kier molecular flexibility index (Phi) is 6.29. The Balaban J connectivity index is 2.67. The van der Waals surface area contributed by atoms with Gasteiger partial charge in [0.1, 0.15) is 0 Å². The zero-order chi connectivity index (χ0) is 15.2. The number of hydrogen-bond acceptors (Lipinski definition) is 3. The van der Waals surface area contributed by atoms with Gasteiger partial charge in [-0.05, 0) is 24.1 Å². The predicted molar refractivity (Wildman–Crippen MR) is 73.8 cm³/mol. The summed E-state index contributed by atoms with van der Waals surface area (Å²) >= 11 is 0. The summed E-state index contributed by atoms with van der Waals surface area (Å²) in [7, 11) is 3.82. The van der Waals surface area contributed by atoms with Gasteiger partial charge in [0.05, 0.1) is 6.54 Å². The molecular formula is C14H21F3N2O. The summed E-state index contributed by atoms with van der Waals surface area (Å²) in [5.41, 5.74) is 1.84. The predicted octanol–water partition coefficient (Wildman–Crippen LogP) is 2.50. The molecule has 0 atom stereocenters. The van der Waals surface area contributed by atoms with Gasteiger partial charge in [-0.25, -0.2) is 0 Å². The van der Waals surface area contributed by atoms with Gasteiger partial charge in [0.2, 0.25) is 0 Å². The number of anilines is 1. The van der Waals surface area contributed by atoms with Crippen LogP contribution in [0.15, 0.2) is 24.3 Å². The van der Waals surface area contributed by atoms with Crippen molar-refractivity contribution >= 4 is 5.69 Å². The summed E-state index contributed by atoms with van der Waals surface area (Å²) < 4.78 is 37.5. The SMILES string of the molecule is CN(C)c1ccc(CN(CCCO)CC(F)(F)F)cc1. The first-order chi connectivity index (χ1) is 9.31. The van der Waals surface area contributed by atoms with E-state index < -0.39 is 12.7 Å². The number of nitrogens with zero attached hydrogens (tertiary/aromatic N) is 2. The standard InChI is InChI=1S/C14H21F3N2O/c1-18(2)13-6-4-12(5-7-13)10-19(8-3-9-20)11-14(15,16)17/h4-7,20H,3,8-11H2,1-2H3. The molecule has 0 bridgehead atoms. The first kappa shape index (κ1) is 16.8.